The summed E-state index contributed by atoms with van der Waals surface area (Å²) in [5.74, 6) is 0.752. The minimum absolute atomic E-state index is 0. The van der Waals surface area contributed by atoms with E-state index in [2.05, 4.69) is 20.4 Å². The highest BCUT2D eigenvalue weighted by Gasteiger charge is 2.23. The van der Waals surface area contributed by atoms with Gasteiger partial charge in [-0.05, 0) is 26.1 Å². The van der Waals surface area contributed by atoms with E-state index in [1.807, 2.05) is 14.0 Å². The Morgan fingerprint density at radius 1 is 1.33 bits per heavy atom. The van der Waals surface area contributed by atoms with Gasteiger partial charge in [0.05, 0.1) is 5.52 Å². The highest BCUT2D eigenvalue weighted by atomic mass is 35.5. The van der Waals surface area contributed by atoms with Crippen LogP contribution in [0.4, 0.5) is 0 Å². The Morgan fingerprint density at radius 2 is 2.08 bits per heavy atom. The molecule has 8 nitrogen and oxygen atoms in total. The van der Waals surface area contributed by atoms with Gasteiger partial charge in [0.1, 0.15) is 0 Å². The summed E-state index contributed by atoms with van der Waals surface area (Å²) in [6.45, 7) is 2.00. The summed E-state index contributed by atoms with van der Waals surface area (Å²) < 4.78 is 30.6. The number of sulfone groups is 1. The molecule has 0 aliphatic carbocycles. The maximum Gasteiger partial charge on any atom is 0.278 e. The molecule has 0 bridgehead atoms. The highest BCUT2D eigenvalue weighted by Crippen LogP contribution is 2.25. The fourth-order valence-corrected chi connectivity index (χ4v) is 3.01. The number of imidazole rings is 1. The van der Waals surface area contributed by atoms with Gasteiger partial charge >= 0.3 is 0 Å². The molecule has 3 heterocycles. The molecule has 24 heavy (non-hydrogen) atoms. The van der Waals surface area contributed by atoms with Crippen molar-refractivity contribution in [2.45, 2.75) is 24.5 Å². The van der Waals surface area contributed by atoms with Crippen LogP contribution in [-0.4, -0.2) is 47.3 Å². The molecule has 0 amide bonds. The van der Waals surface area contributed by atoms with Gasteiger partial charge in [-0.2, -0.15) is 4.98 Å². The molecule has 3 aromatic rings. The number of pyridine rings is 1. The molecule has 0 aromatic carbocycles. The number of hydrogen-bond donors (Lipinski definition) is 1. The summed E-state index contributed by atoms with van der Waals surface area (Å²) in [6, 6.07) is 5.50. The van der Waals surface area contributed by atoms with Crippen molar-refractivity contribution in [3.63, 3.8) is 0 Å². The topological polar surface area (TPSA) is 102 Å². The van der Waals surface area contributed by atoms with Gasteiger partial charge in [-0.3, -0.25) is 4.40 Å². The SMILES string of the molecule is CNC(C)Cc1noc(-c2nc(S(C)(=O)=O)n3ccccc23)n1.Cl. The van der Waals surface area contributed by atoms with Crippen molar-refractivity contribution in [1.82, 2.24) is 24.8 Å². The Hall–Kier alpha value is -1.97. The molecule has 0 spiro atoms. The average Bonchev–Trinajstić information content (AvgIpc) is 3.10. The first kappa shape index (κ1) is 18.4. The van der Waals surface area contributed by atoms with E-state index in [0.717, 1.165) is 6.26 Å². The summed E-state index contributed by atoms with van der Waals surface area (Å²) in [4.78, 5) is 8.53. The second-order valence-electron chi connectivity index (χ2n) is 5.38. The van der Waals surface area contributed by atoms with E-state index >= 15 is 0 Å². The molecule has 1 unspecified atom stereocenters. The van der Waals surface area contributed by atoms with Crippen LogP contribution in [0.1, 0.15) is 12.7 Å². The molecule has 1 atom stereocenters. The average molecular weight is 372 g/mol. The zero-order valence-electron chi connectivity index (χ0n) is 13.4. The van der Waals surface area contributed by atoms with Crippen LogP contribution in [0.2, 0.25) is 0 Å². The standard InChI is InChI=1S/C14H17N5O3S.ClH/c1-9(15-2)8-11-16-13(22-18-11)12-10-6-4-5-7-19(10)14(17-12)23(3,20)21;/h4-7,9,15H,8H2,1-3H3;1H. The van der Waals surface area contributed by atoms with Gasteiger partial charge < -0.3 is 9.84 Å². The van der Waals surface area contributed by atoms with Gasteiger partial charge in [0.15, 0.2) is 11.5 Å². The molecule has 3 aromatic heterocycles. The van der Waals surface area contributed by atoms with Crippen molar-refractivity contribution >= 4 is 27.8 Å². The predicted octanol–water partition coefficient (Wildman–Crippen LogP) is 1.36. The molecule has 0 fully saturated rings. The van der Waals surface area contributed by atoms with Crippen LogP contribution >= 0.6 is 12.4 Å². The zero-order valence-corrected chi connectivity index (χ0v) is 15.1. The molecule has 1 N–H and O–H groups in total. The van der Waals surface area contributed by atoms with Crippen LogP contribution in [-0.2, 0) is 16.3 Å². The van der Waals surface area contributed by atoms with Crippen molar-refractivity contribution in [3.05, 3.63) is 30.2 Å². The van der Waals surface area contributed by atoms with Crippen molar-refractivity contribution in [3.8, 4) is 11.6 Å². The van der Waals surface area contributed by atoms with Crippen molar-refractivity contribution in [1.29, 1.82) is 0 Å². The molecular formula is C14H18ClN5O3S. The van der Waals surface area contributed by atoms with E-state index in [1.54, 1.807) is 24.4 Å². The second kappa shape index (κ2) is 6.88. The summed E-state index contributed by atoms with van der Waals surface area (Å²) in [5.41, 5.74) is 0.965. The third kappa shape index (κ3) is 3.42. The quantitative estimate of drug-likeness (QED) is 0.722. The Balaban J connectivity index is 0.00000208. The number of rotatable bonds is 5. The van der Waals surface area contributed by atoms with Crippen molar-refractivity contribution in [2.75, 3.05) is 13.3 Å². The first-order chi connectivity index (χ1) is 10.9. The van der Waals surface area contributed by atoms with E-state index in [9.17, 15) is 8.42 Å². The lowest BCUT2D eigenvalue weighted by molar-refractivity contribution is 0.417. The maximum atomic E-state index is 11.9. The summed E-state index contributed by atoms with van der Waals surface area (Å²) in [5, 5.41) is 6.98. The minimum Gasteiger partial charge on any atom is -0.332 e. The number of likely N-dealkylation sites (N-methyl/N-ethyl adjacent to an activating group) is 1. The molecule has 0 radical (unpaired) electrons. The Bertz CT molecular complexity index is 950. The maximum absolute atomic E-state index is 11.9. The molecule has 10 heteroatoms. The van der Waals surface area contributed by atoms with Crippen LogP contribution in [0.3, 0.4) is 0 Å². The van der Waals surface area contributed by atoms with E-state index < -0.39 is 9.84 Å². The lowest BCUT2D eigenvalue weighted by atomic mass is 10.2. The second-order valence-corrected chi connectivity index (χ2v) is 7.29. The number of hydrogen-bond acceptors (Lipinski definition) is 7. The zero-order chi connectivity index (χ0) is 16.6. The summed E-state index contributed by atoms with van der Waals surface area (Å²) in [7, 11) is -1.63. The van der Waals surface area contributed by atoms with Gasteiger partial charge in [0, 0.05) is 24.9 Å². The van der Waals surface area contributed by atoms with Crippen LogP contribution in [0, 0.1) is 0 Å². The van der Waals surface area contributed by atoms with E-state index in [1.165, 1.54) is 4.40 Å². The van der Waals surface area contributed by atoms with Crippen molar-refractivity contribution in [2.24, 2.45) is 0 Å². The molecule has 130 valence electrons. The van der Waals surface area contributed by atoms with E-state index in [4.69, 9.17) is 4.52 Å². The van der Waals surface area contributed by atoms with Gasteiger partial charge in [-0.15, -0.1) is 12.4 Å². The molecule has 0 aliphatic rings. The normalized spacial score (nSPS) is 13.0. The largest absolute Gasteiger partial charge is 0.332 e. The van der Waals surface area contributed by atoms with E-state index in [0.29, 0.717) is 23.5 Å². The molecule has 0 saturated heterocycles. The molecular weight excluding hydrogens is 354 g/mol. The van der Waals surface area contributed by atoms with Gasteiger partial charge in [0.25, 0.3) is 5.89 Å². The van der Waals surface area contributed by atoms with Gasteiger partial charge in [0.2, 0.25) is 15.0 Å². The van der Waals surface area contributed by atoms with Crippen LogP contribution in [0.5, 0.6) is 0 Å². The third-order valence-corrected chi connectivity index (χ3v) is 4.45. The number of nitrogens with zero attached hydrogens (tertiary/aromatic N) is 4. The first-order valence-corrected chi connectivity index (χ1v) is 8.96. The predicted molar refractivity (Wildman–Crippen MR) is 91.1 cm³/mol. The summed E-state index contributed by atoms with van der Waals surface area (Å²) >= 11 is 0. The monoisotopic (exact) mass is 371 g/mol. The lowest BCUT2D eigenvalue weighted by Crippen LogP contribution is -2.24. The highest BCUT2D eigenvalue weighted by molar-refractivity contribution is 7.90. The number of nitrogens with one attached hydrogen (secondary N) is 1. The fraction of sp³-hybridized carbons (Fsp3) is 0.357. The smallest absolute Gasteiger partial charge is 0.278 e. The Labute approximate surface area is 145 Å². The number of fused-ring (bicyclic) bond motifs is 1. The third-order valence-electron chi connectivity index (χ3n) is 3.50. The first-order valence-electron chi connectivity index (χ1n) is 7.07. The Morgan fingerprint density at radius 3 is 2.75 bits per heavy atom. The van der Waals surface area contributed by atoms with Crippen LogP contribution in [0.15, 0.2) is 34.1 Å². The van der Waals surface area contributed by atoms with Gasteiger partial charge in [-0.25, -0.2) is 13.4 Å². The van der Waals surface area contributed by atoms with E-state index in [-0.39, 0.29) is 29.5 Å². The minimum atomic E-state index is -3.48. The van der Waals surface area contributed by atoms with Gasteiger partial charge in [-0.1, -0.05) is 11.2 Å². The number of aromatic nitrogens is 4. The van der Waals surface area contributed by atoms with Crippen LogP contribution in [0.25, 0.3) is 17.1 Å². The molecule has 3 rings (SSSR count). The van der Waals surface area contributed by atoms with Crippen molar-refractivity contribution < 1.29 is 12.9 Å². The molecule has 0 saturated carbocycles. The fourth-order valence-electron chi connectivity index (χ4n) is 2.24. The Kier molecular flexibility index (Phi) is 5.26. The lowest BCUT2D eigenvalue weighted by Gasteiger charge is -2.04. The molecule has 0 aliphatic heterocycles. The summed E-state index contributed by atoms with van der Waals surface area (Å²) in [6.07, 6.45) is 3.36. The van der Waals surface area contributed by atoms with Crippen LogP contribution < -0.4 is 5.32 Å². The number of halogens is 1.